The first-order valence-corrected chi connectivity index (χ1v) is 6.37. The maximum atomic E-state index is 10.4. The van der Waals surface area contributed by atoms with Crippen LogP contribution in [0.1, 0.15) is 42.9 Å². The van der Waals surface area contributed by atoms with Gasteiger partial charge < -0.3 is 5.11 Å². The second-order valence-corrected chi connectivity index (χ2v) is 5.37. The summed E-state index contributed by atoms with van der Waals surface area (Å²) in [4.78, 5) is 4.13. The average molecular weight is 217 g/mol. The number of rotatable bonds is 2. The van der Waals surface area contributed by atoms with Crippen molar-refractivity contribution in [2.75, 3.05) is 0 Å². The van der Waals surface area contributed by atoms with Gasteiger partial charge in [0.1, 0.15) is 0 Å². The molecule has 2 aliphatic rings. The van der Waals surface area contributed by atoms with Gasteiger partial charge in [0.25, 0.3) is 0 Å². The van der Waals surface area contributed by atoms with Crippen LogP contribution in [0.15, 0.2) is 18.5 Å². The van der Waals surface area contributed by atoms with Gasteiger partial charge in [-0.1, -0.05) is 12.8 Å². The van der Waals surface area contributed by atoms with E-state index in [9.17, 15) is 5.11 Å². The van der Waals surface area contributed by atoms with Gasteiger partial charge in [-0.3, -0.25) is 4.98 Å². The van der Waals surface area contributed by atoms with E-state index in [0.717, 1.165) is 17.4 Å². The number of aryl methyl sites for hydroxylation is 1. The first kappa shape index (κ1) is 10.3. The molecule has 1 aromatic rings. The van der Waals surface area contributed by atoms with E-state index in [-0.39, 0.29) is 6.10 Å². The lowest BCUT2D eigenvalue weighted by molar-refractivity contribution is 0.141. The van der Waals surface area contributed by atoms with Gasteiger partial charge in [-0.15, -0.1) is 0 Å². The minimum atomic E-state index is -0.276. The molecule has 2 saturated carbocycles. The van der Waals surface area contributed by atoms with Crippen LogP contribution in [0, 0.1) is 24.7 Å². The highest BCUT2D eigenvalue weighted by atomic mass is 16.3. The third-order valence-electron chi connectivity index (χ3n) is 4.49. The Bertz CT molecular complexity index is 378. The van der Waals surface area contributed by atoms with Crippen LogP contribution in [0.5, 0.6) is 0 Å². The predicted octanol–water partition coefficient (Wildman–Crippen LogP) is 2.86. The fourth-order valence-electron chi connectivity index (χ4n) is 3.51. The van der Waals surface area contributed by atoms with E-state index >= 15 is 0 Å². The molecule has 0 amide bonds. The standard InChI is InChI=1S/C14H19NO/c1-9-6-7-15-8-12(9)14(16)13-10-4-2-3-5-11(10)13/h6-8,10-11,13-14,16H,2-5H2,1H3. The van der Waals surface area contributed by atoms with Crippen LogP contribution >= 0.6 is 0 Å². The Kier molecular flexibility index (Phi) is 2.47. The molecule has 2 heteroatoms. The maximum Gasteiger partial charge on any atom is 0.0841 e. The Morgan fingerprint density at radius 3 is 2.62 bits per heavy atom. The molecule has 1 aromatic heterocycles. The topological polar surface area (TPSA) is 33.1 Å². The Hall–Kier alpha value is -0.890. The van der Waals surface area contributed by atoms with E-state index in [0.29, 0.717) is 5.92 Å². The van der Waals surface area contributed by atoms with Gasteiger partial charge in [0, 0.05) is 18.0 Å². The molecule has 0 bridgehead atoms. The molecule has 0 aliphatic heterocycles. The van der Waals surface area contributed by atoms with Crippen LogP contribution < -0.4 is 0 Å². The molecule has 3 unspecified atom stereocenters. The molecule has 0 saturated heterocycles. The van der Waals surface area contributed by atoms with Crippen LogP contribution in [-0.2, 0) is 0 Å². The molecule has 2 nitrogen and oxygen atoms in total. The molecule has 86 valence electrons. The summed E-state index contributed by atoms with van der Waals surface area (Å²) >= 11 is 0. The van der Waals surface area contributed by atoms with E-state index in [1.54, 1.807) is 6.20 Å². The molecule has 0 radical (unpaired) electrons. The SMILES string of the molecule is Cc1ccncc1C(O)C1C2CCCCC21. The highest BCUT2D eigenvalue weighted by molar-refractivity contribution is 5.26. The van der Waals surface area contributed by atoms with Crippen molar-refractivity contribution >= 4 is 0 Å². The zero-order chi connectivity index (χ0) is 11.1. The van der Waals surface area contributed by atoms with E-state index in [1.165, 1.54) is 31.2 Å². The highest BCUT2D eigenvalue weighted by Crippen LogP contribution is 2.60. The zero-order valence-electron chi connectivity index (χ0n) is 9.76. The fourth-order valence-corrected chi connectivity index (χ4v) is 3.51. The lowest BCUT2D eigenvalue weighted by Gasteiger charge is -2.12. The maximum absolute atomic E-state index is 10.4. The summed E-state index contributed by atoms with van der Waals surface area (Å²) in [5.41, 5.74) is 2.22. The normalized spacial score (nSPS) is 34.2. The molecule has 0 aromatic carbocycles. The first-order valence-electron chi connectivity index (χ1n) is 6.37. The Morgan fingerprint density at radius 1 is 1.31 bits per heavy atom. The summed E-state index contributed by atoms with van der Waals surface area (Å²) in [6.07, 6.45) is 8.72. The third-order valence-corrected chi connectivity index (χ3v) is 4.49. The molecule has 2 fully saturated rings. The van der Waals surface area contributed by atoms with Gasteiger partial charge in [-0.25, -0.2) is 0 Å². The van der Waals surface area contributed by atoms with E-state index in [2.05, 4.69) is 11.9 Å². The number of nitrogens with zero attached hydrogens (tertiary/aromatic N) is 1. The summed E-state index contributed by atoms with van der Waals surface area (Å²) in [5, 5.41) is 10.4. The Labute approximate surface area is 96.7 Å². The molecule has 1 N–H and O–H groups in total. The number of hydrogen-bond acceptors (Lipinski definition) is 2. The number of fused-ring (bicyclic) bond motifs is 1. The van der Waals surface area contributed by atoms with Crippen molar-refractivity contribution < 1.29 is 5.11 Å². The van der Waals surface area contributed by atoms with Crippen LogP contribution in [0.2, 0.25) is 0 Å². The summed E-state index contributed by atoms with van der Waals surface area (Å²) in [5.74, 6) is 2.11. The van der Waals surface area contributed by atoms with Crippen LogP contribution in [0.4, 0.5) is 0 Å². The summed E-state index contributed by atoms with van der Waals surface area (Å²) in [7, 11) is 0. The minimum absolute atomic E-state index is 0.276. The molecule has 16 heavy (non-hydrogen) atoms. The van der Waals surface area contributed by atoms with E-state index in [1.807, 2.05) is 12.3 Å². The van der Waals surface area contributed by atoms with Crippen molar-refractivity contribution in [1.29, 1.82) is 0 Å². The summed E-state index contributed by atoms with van der Waals surface area (Å²) < 4.78 is 0. The van der Waals surface area contributed by atoms with Crippen LogP contribution in [0.25, 0.3) is 0 Å². The largest absolute Gasteiger partial charge is 0.388 e. The monoisotopic (exact) mass is 217 g/mol. The zero-order valence-corrected chi connectivity index (χ0v) is 9.76. The Morgan fingerprint density at radius 2 is 2.00 bits per heavy atom. The number of aliphatic hydroxyl groups is 1. The van der Waals surface area contributed by atoms with Crippen molar-refractivity contribution in [3.63, 3.8) is 0 Å². The molecule has 3 atom stereocenters. The van der Waals surface area contributed by atoms with Crippen molar-refractivity contribution in [1.82, 2.24) is 4.98 Å². The predicted molar refractivity (Wildman–Crippen MR) is 62.9 cm³/mol. The van der Waals surface area contributed by atoms with Gasteiger partial charge in [-0.05, 0) is 49.1 Å². The minimum Gasteiger partial charge on any atom is -0.388 e. The number of hydrogen-bond donors (Lipinski definition) is 1. The van der Waals surface area contributed by atoms with Gasteiger partial charge in [0.15, 0.2) is 0 Å². The summed E-state index contributed by atoms with van der Waals surface area (Å²) in [6, 6.07) is 1.99. The van der Waals surface area contributed by atoms with Gasteiger partial charge in [0.05, 0.1) is 6.10 Å². The Balaban J connectivity index is 1.79. The molecule has 2 aliphatic carbocycles. The molecular formula is C14H19NO. The quantitative estimate of drug-likeness (QED) is 0.826. The molecule has 0 spiro atoms. The number of aliphatic hydroxyl groups excluding tert-OH is 1. The smallest absolute Gasteiger partial charge is 0.0841 e. The third kappa shape index (κ3) is 1.56. The number of aromatic nitrogens is 1. The lowest BCUT2D eigenvalue weighted by atomic mass is 10.0. The first-order chi connectivity index (χ1) is 7.79. The van der Waals surface area contributed by atoms with Crippen LogP contribution in [-0.4, -0.2) is 10.1 Å². The second-order valence-electron chi connectivity index (χ2n) is 5.37. The fraction of sp³-hybridized carbons (Fsp3) is 0.643. The highest BCUT2D eigenvalue weighted by Gasteiger charge is 2.54. The van der Waals surface area contributed by atoms with Crippen molar-refractivity contribution in [3.05, 3.63) is 29.6 Å². The summed E-state index contributed by atoms with van der Waals surface area (Å²) in [6.45, 7) is 2.06. The molecule has 1 heterocycles. The van der Waals surface area contributed by atoms with Gasteiger partial charge >= 0.3 is 0 Å². The van der Waals surface area contributed by atoms with Crippen molar-refractivity contribution in [3.8, 4) is 0 Å². The van der Waals surface area contributed by atoms with E-state index in [4.69, 9.17) is 0 Å². The van der Waals surface area contributed by atoms with Gasteiger partial charge in [0.2, 0.25) is 0 Å². The average Bonchev–Trinajstić information content (AvgIpc) is 3.03. The van der Waals surface area contributed by atoms with E-state index < -0.39 is 0 Å². The second kappa shape index (κ2) is 3.85. The molecule has 3 rings (SSSR count). The van der Waals surface area contributed by atoms with Crippen molar-refractivity contribution in [2.45, 2.75) is 38.7 Å². The lowest BCUT2D eigenvalue weighted by Crippen LogP contribution is -2.05. The molecular weight excluding hydrogens is 198 g/mol. The van der Waals surface area contributed by atoms with Crippen LogP contribution in [0.3, 0.4) is 0 Å². The van der Waals surface area contributed by atoms with Gasteiger partial charge in [-0.2, -0.15) is 0 Å². The number of pyridine rings is 1. The van der Waals surface area contributed by atoms with Crippen molar-refractivity contribution in [2.24, 2.45) is 17.8 Å².